The number of hydrogen-bond donors (Lipinski definition) is 1. The zero-order valence-corrected chi connectivity index (χ0v) is 13.5. The number of hydrogen-bond acceptors (Lipinski definition) is 5. The molecule has 0 bridgehead atoms. The van der Waals surface area contributed by atoms with Gasteiger partial charge in [0.2, 0.25) is 5.28 Å². The molecule has 2 heterocycles. The van der Waals surface area contributed by atoms with Crippen LogP contribution in [0.5, 0.6) is 5.75 Å². The number of rotatable bonds is 3. The van der Waals surface area contributed by atoms with Crippen molar-refractivity contribution in [1.82, 2.24) is 9.97 Å². The minimum Gasteiger partial charge on any atom is -0.495 e. The van der Waals surface area contributed by atoms with E-state index >= 15 is 0 Å². The Morgan fingerprint density at radius 2 is 2.00 bits per heavy atom. The molecule has 6 heteroatoms. The molecule has 21 heavy (non-hydrogen) atoms. The van der Waals surface area contributed by atoms with Gasteiger partial charge in [-0.05, 0) is 49.2 Å². The zero-order valence-electron chi connectivity index (χ0n) is 11.9. The highest BCUT2D eigenvalue weighted by Crippen LogP contribution is 2.34. The number of ether oxygens (including phenoxy) is 1. The number of anilines is 2. The Hall–Kier alpha value is -1.85. The van der Waals surface area contributed by atoms with E-state index in [1.807, 2.05) is 32.0 Å². The molecular formula is C15H14ClN3OS. The quantitative estimate of drug-likeness (QED) is 0.710. The van der Waals surface area contributed by atoms with E-state index < -0.39 is 0 Å². The molecule has 0 aliphatic heterocycles. The molecule has 0 radical (unpaired) electrons. The molecule has 0 fully saturated rings. The fourth-order valence-corrected chi connectivity index (χ4v) is 3.26. The molecule has 3 aromatic rings. The second kappa shape index (κ2) is 5.50. The SMILES string of the molecule is COc1ccc(C)cc1Nc1nc(Cl)nc2sc(C)cc12. The van der Waals surface area contributed by atoms with Crippen molar-refractivity contribution in [3.05, 3.63) is 40.0 Å². The van der Waals surface area contributed by atoms with Gasteiger partial charge in [0.05, 0.1) is 18.2 Å². The van der Waals surface area contributed by atoms with Crippen molar-refractivity contribution in [2.24, 2.45) is 0 Å². The lowest BCUT2D eigenvalue weighted by Gasteiger charge is -2.12. The first-order chi connectivity index (χ1) is 10.1. The van der Waals surface area contributed by atoms with Crippen molar-refractivity contribution in [3.8, 4) is 5.75 Å². The molecule has 1 aromatic carbocycles. The number of fused-ring (bicyclic) bond motifs is 1. The lowest BCUT2D eigenvalue weighted by molar-refractivity contribution is 0.416. The van der Waals surface area contributed by atoms with E-state index in [4.69, 9.17) is 16.3 Å². The largest absolute Gasteiger partial charge is 0.495 e. The molecule has 0 spiro atoms. The first-order valence-electron chi connectivity index (χ1n) is 6.42. The Bertz CT molecular complexity index is 816. The Morgan fingerprint density at radius 3 is 2.76 bits per heavy atom. The molecule has 0 amide bonds. The molecule has 0 saturated heterocycles. The van der Waals surface area contributed by atoms with Crippen LogP contribution in [0.3, 0.4) is 0 Å². The van der Waals surface area contributed by atoms with Crippen LogP contribution in [0.25, 0.3) is 10.2 Å². The second-order valence-electron chi connectivity index (χ2n) is 4.75. The number of aromatic nitrogens is 2. The Morgan fingerprint density at radius 1 is 1.19 bits per heavy atom. The summed E-state index contributed by atoms with van der Waals surface area (Å²) in [5, 5.41) is 4.51. The van der Waals surface area contributed by atoms with Crippen LogP contribution in [-0.2, 0) is 0 Å². The molecule has 108 valence electrons. The number of methoxy groups -OCH3 is 1. The van der Waals surface area contributed by atoms with E-state index in [1.54, 1.807) is 18.4 Å². The molecule has 0 unspecified atom stereocenters. The van der Waals surface area contributed by atoms with Crippen LogP contribution in [0.1, 0.15) is 10.4 Å². The van der Waals surface area contributed by atoms with Crippen LogP contribution < -0.4 is 10.1 Å². The maximum atomic E-state index is 6.02. The monoisotopic (exact) mass is 319 g/mol. The Balaban J connectivity index is 2.11. The van der Waals surface area contributed by atoms with Crippen LogP contribution in [0, 0.1) is 13.8 Å². The number of benzene rings is 1. The predicted molar refractivity (Wildman–Crippen MR) is 88.2 cm³/mol. The molecule has 0 saturated carbocycles. The minimum absolute atomic E-state index is 0.235. The van der Waals surface area contributed by atoms with Crippen LogP contribution in [0.4, 0.5) is 11.5 Å². The summed E-state index contributed by atoms with van der Waals surface area (Å²) >= 11 is 7.61. The van der Waals surface area contributed by atoms with Gasteiger partial charge in [-0.3, -0.25) is 0 Å². The third kappa shape index (κ3) is 2.80. The fourth-order valence-electron chi connectivity index (χ4n) is 2.16. The van der Waals surface area contributed by atoms with Crippen molar-refractivity contribution < 1.29 is 4.74 Å². The van der Waals surface area contributed by atoms with Gasteiger partial charge in [-0.2, -0.15) is 4.98 Å². The normalized spacial score (nSPS) is 10.9. The van der Waals surface area contributed by atoms with Gasteiger partial charge < -0.3 is 10.1 Å². The number of thiophene rings is 1. The summed E-state index contributed by atoms with van der Waals surface area (Å²) in [7, 11) is 1.65. The highest BCUT2D eigenvalue weighted by atomic mass is 35.5. The van der Waals surface area contributed by atoms with Gasteiger partial charge in [0.1, 0.15) is 16.4 Å². The van der Waals surface area contributed by atoms with Gasteiger partial charge in [0.15, 0.2) is 0 Å². The second-order valence-corrected chi connectivity index (χ2v) is 6.32. The number of aryl methyl sites for hydroxylation is 2. The molecule has 1 N–H and O–H groups in total. The molecule has 2 aromatic heterocycles. The zero-order chi connectivity index (χ0) is 15.0. The third-order valence-corrected chi connectivity index (χ3v) is 4.21. The van der Waals surface area contributed by atoms with E-state index in [1.165, 1.54) is 4.88 Å². The van der Waals surface area contributed by atoms with E-state index in [0.29, 0.717) is 5.82 Å². The highest BCUT2D eigenvalue weighted by molar-refractivity contribution is 7.18. The van der Waals surface area contributed by atoms with E-state index in [0.717, 1.165) is 27.2 Å². The number of nitrogens with zero attached hydrogens (tertiary/aromatic N) is 2. The standard InChI is InChI=1S/C15H14ClN3OS/c1-8-4-5-12(20-3)11(6-8)17-13-10-7-9(2)21-14(10)19-15(16)18-13/h4-7H,1-3H3,(H,17,18,19). The third-order valence-electron chi connectivity index (χ3n) is 3.10. The van der Waals surface area contributed by atoms with Gasteiger partial charge in [0.25, 0.3) is 0 Å². The maximum Gasteiger partial charge on any atom is 0.225 e. The summed E-state index contributed by atoms with van der Waals surface area (Å²) in [4.78, 5) is 10.6. The van der Waals surface area contributed by atoms with Crippen molar-refractivity contribution in [2.45, 2.75) is 13.8 Å². The summed E-state index contributed by atoms with van der Waals surface area (Å²) < 4.78 is 5.38. The summed E-state index contributed by atoms with van der Waals surface area (Å²) in [5.41, 5.74) is 1.99. The van der Waals surface area contributed by atoms with Gasteiger partial charge in [-0.15, -0.1) is 11.3 Å². The van der Waals surface area contributed by atoms with Crippen LogP contribution in [0.2, 0.25) is 5.28 Å². The maximum absolute atomic E-state index is 6.02. The lowest BCUT2D eigenvalue weighted by Crippen LogP contribution is -1.98. The average molecular weight is 320 g/mol. The summed E-state index contributed by atoms with van der Waals surface area (Å²) in [5.74, 6) is 1.45. The van der Waals surface area contributed by atoms with Gasteiger partial charge in [0, 0.05) is 4.88 Å². The van der Waals surface area contributed by atoms with Crippen LogP contribution in [0.15, 0.2) is 24.3 Å². The molecule has 4 nitrogen and oxygen atoms in total. The Kier molecular flexibility index (Phi) is 3.69. The van der Waals surface area contributed by atoms with E-state index in [9.17, 15) is 0 Å². The summed E-state index contributed by atoms with van der Waals surface area (Å²) in [6.07, 6.45) is 0. The van der Waals surface area contributed by atoms with E-state index in [2.05, 4.69) is 21.4 Å². The predicted octanol–water partition coefficient (Wildman–Crippen LogP) is 4.71. The highest BCUT2D eigenvalue weighted by Gasteiger charge is 2.12. The first kappa shape index (κ1) is 14.1. The fraction of sp³-hybridized carbons (Fsp3) is 0.200. The molecule has 0 aliphatic carbocycles. The topological polar surface area (TPSA) is 47.0 Å². The summed E-state index contributed by atoms with van der Waals surface area (Å²) in [6.45, 7) is 4.07. The van der Waals surface area contributed by atoms with Crippen LogP contribution >= 0.6 is 22.9 Å². The molecule has 0 aliphatic rings. The smallest absolute Gasteiger partial charge is 0.225 e. The molecule has 3 rings (SSSR count). The first-order valence-corrected chi connectivity index (χ1v) is 7.61. The van der Waals surface area contributed by atoms with Crippen molar-refractivity contribution in [1.29, 1.82) is 0 Å². The van der Waals surface area contributed by atoms with Gasteiger partial charge >= 0.3 is 0 Å². The Labute approximate surface area is 131 Å². The van der Waals surface area contributed by atoms with Crippen molar-refractivity contribution >= 4 is 44.7 Å². The average Bonchev–Trinajstić information content (AvgIpc) is 2.79. The van der Waals surface area contributed by atoms with Crippen molar-refractivity contribution in [2.75, 3.05) is 12.4 Å². The lowest BCUT2D eigenvalue weighted by atomic mass is 10.2. The summed E-state index contributed by atoms with van der Waals surface area (Å²) in [6, 6.07) is 8.00. The van der Waals surface area contributed by atoms with Crippen LogP contribution in [-0.4, -0.2) is 17.1 Å². The number of nitrogens with one attached hydrogen (secondary N) is 1. The molecule has 0 atom stereocenters. The minimum atomic E-state index is 0.235. The van der Waals surface area contributed by atoms with Gasteiger partial charge in [-0.1, -0.05) is 6.07 Å². The van der Waals surface area contributed by atoms with E-state index in [-0.39, 0.29) is 5.28 Å². The van der Waals surface area contributed by atoms with Crippen molar-refractivity contribution in [3.63, 3.8) is 0 Å². The van der Waals surface area contributed by atoms with Gasteiger partial charge in [-0.25, -0.2) is 4.98 Å². The number of halogens is 1. The molecular weight excluding hydrogens is 306 g/mol.